The standard InChI is InChI=1S/C47H44N4/c1-3-10-24-41-37(20-8-1)39-22-12-14-26-43(39)50(41)35-30-34(46-47(33-18-6-5-7-19-33)49-29-17-16-28-45(49)48-46)31-36(32-35)51-42-25-11-4-2-9-21-38(42)40-23-13-15-27-44(40)51/h5-7,12-19,22-23,26-32H,1-4,8-11,20-21,24-25H2. The summed E-state index contributed by atoms with van der Waals surface area (Å²) in [6, 6.07) is 42.8. The van der Waals surface area contributed by atoms with E-state index in [0.29, 0.717) is 0 Å². The molecule has 0 fully saturated rings. The summed E-state index contributed by atoms with van der Waals surface area (Å²) in [5.74, 6) is 0. The third-order valence-corrected chi connectivity index (χ3v) is 11.6. The highest BCUT2D eigenvalue weighted by atomic mass is 15.0. The average molecular weight is 665 g/mol. The molecular formula is C47H44N4. The van der Waals surface area contributed by atoms with E-state index in [0.717, 1.165) is 48.3 Å². The number of benzene rings is 4. The van der Waals surface area contributed by atoms with Crippen molar-refractivity contribution >= 4 is 27.5 Å². The summed E-state index contributed by atoms with van der Waals surface area (Å²) in [7, 11) is 0. The molecule has 2 aliphatic carbocycles. The molecule has 8 aromatic rings. The molecule has 10 rings (SSSR count). The molecule has 4 nitrogen and oxygen atoms in total. The molecule has 0 atom stereocenters. The number of pyridine rings is 1. The Bertz CT molecular complexity index is 2430. The molecule has 4 aromatic carbocycles. The lowest BCUT2D eigenvalue weighted by atomic mass is 9.96. The normalized spacial score (nSPS) is 15.3. The summed E-state index contributed by atoms with van der Waals surface area (Å²) < 4.78 is 7.50. The fraction of sp³-hybridized carbons (Fsp3) is 0.255. The van der Waals surface area contributed by atoms with E-state index < -0.39 is 0 Å². The number of fused-ring (bicyclic) bond motifs is 7. The molecular weight excluding hydrogens is 621 g/mol. The van der Waals surface area contributed by atoms with E-state index in [1.54, 1.807) is 11.1 Å². The van der Waals surface area contributed by atoms with E-state index in [-0.39, 0.29) is 0 Å². The minimum absolute atomic E-state index is 0.964. The molecule has 0 saturated heterocycles. The van der Waals surface area contributed by atoms with Crippen LogP contribution < -0.4 is 0 Å². The van der Waals surface area contributed by atoms with Gasteiger partial charge in [0.25, 0.3) is 0 Å². The van der Waals surface area contributed by atoms with Crippen molar-refractivity contribution in [2.45, 2.75) is 77.0 Å². The van der Waals surface area contributed by atoms with Gasteiger partial charge in [0, 0.05) is 50.9 Å². The van der Waals surface area contributed by atoms with Crippen LogP contribution in [-0.2, 0) is 25.7 Å². The zero-order valence-electron chi connectivity index (χ0n) is 29.3. The Morgan fingerprint density at radius 2 is 0.980 bits per heavy atom. The molecule has 0 amide bonds. The minimum atomic E-state index is 0.964. The molecule has 0 spiro atoms. The fourth-order valence-electron chi connectivity index (χ4n) is 9.35. The van der Waals surface area contributed by atoms with Crippen LogP contribution in [0.3, 0.4) is 0 Å². The van der Waals surface area contributed by atoms with Crippen molar-refractivity contribution in [3.63, 3.8) is 0 Å². The summed E-state index contributed by atoms with van der Waals surface area (Å²) in [5, 5.41) is 2.83. The van der Waals surface area contributed by atoms with Crippen LogP contribution in [-0.4, -0.2) is 18.5 Å². The Labute approximate surface area is 300 Å². The van der Waals surface area contributed by atoms with Gasteiger partial charge in [-0.05, 0) is 105 Å². The number of aryl methyl sites for hydroxylation is 2. The molecule has 2 aliphatic rings. The van der Waals surface area contributed by atoms with Crippen molar-refractivity contribution in [2.75, 3.05) is 0 Å². The second-order valence-corrected chi connectivity index (χ2v) is 14.7. The lowest BCUT2D eigenvalue weighted by molar-refractivity contribution is 0.608. The summed E-state index contributed by atoms with van der Waals surface area (Å²) in [6.45, 7) is 0. The fourth-order valence-corrected chi connectivity index (χ4v) is 9.35. The van der Waals surface area contributed by atoms with Crippen LogP contribution in [0.4, 0.5) is 0 Å². The van der Waals surface area contributed by atoms with Crippen molar-refractivity contribution in [1.29, 1.82) is 0 Å². The van der Waals surface area contributed by atoms with Gasteiger partial charge in [-0.1, -0.05) is 98.5 Å². The molecule has 0 N–H and O–H groups in total. The van der Waals surface area contributed by atoms with Crippen LogP contribution in [0.1, 0.15) is 73.9 Å². The zero-order chi connectivity index (χ0) is 33.7. The Morgan fingerprint density at radius 3 is 1.59 bits per heavy atom. The van der Waals surface area contributed by atoms with Crippen molar-refractivity contribution in [3.05, 3.63) is 144 Å². The Kier molecular flexibility index (Phi) is 7.62. The first kappa shape index (κ1) is 30.5. The third-order valence-electron chi connectivity index (χ3n) is 11.6. The first-order chi connectivity index (χ1) is 25.3. The Hall–Kier alpha value is -5.35. The quantitative estimate of drug-likeness (QED) is 0.184. The lowest BCUT2D eigenvalue weighted by Crippen LogP contribution is -2.08. The van der Waals surface area contributed by atoms with Gasteiger partial charge in [0.1, 0.15) is 5.65 Å². The Morgan fingerprint density at radius 1 is 0.451 bits per heavy atom. The molecule has 0 aliphatic heterocycles. The Balaban J connectivity index is 1.31. The maximum Gasteiger partial charge on any atom is 0.137 e. The predicted molar refractivity (Wildman–Crippen MR) is 211 cm³/mol. The van der Waals surface area contributed by atoms with E-state index in [9.17, 15) is 0 Å². The number of rotatable bonds is 4. The van der Waals surface area contributed by atoms with Crippen molar-refractivity contribution < 1.29 is 0 Å². The highest BCUT2D eigenvalue weighted by Gasteiger charge is 2.25. The molecule has 4 aromatic heterocycles. The summed E-state index contributed by atoms with van der Waals surface area (Å²) in [4.78, 5) is 5.40. The van der Waals surface area contributed by atoms with E-state index in [1.807, 2.05) is 0 Å². The highest BCUT2D eigenvalue weighted by molar-refractivity contribution is 5.91. The second-order valence-electron chi connectivity index (χ2n) is 14.7. The number of hydrogen-bond donors (Lipinski definition) is 0. The monoisotopic (exact) mass is 664 g/mol. The van der Waals surface area contributed by atoms with Crippen molar-refractivity contribution in [3.8, 4) is 33.9 Å². The molecule has 0 saturated carbocycles. The average Bonchev–Trinajstić information content (AvgIpc) is 3.79. The van der Waals surface area contributed by atoms with Crippen molar-refractivity contribution in [2.24, 2.45) is 0 Å². The van der Waals surface area contributed by atoms with Crippen LogP contribution in [0.2, 0.25) is 0 Å². The molecule has 51 heavy (non-hydrogen) atoms. The smallest absolute Gasteiger partial charge is 0.137 e. The SMILES string of the molecule is c1ccc(-c2c(-c3cc(-n4c5c(c6ccccc64)CCCCCC5)cc(-n4c5c(c6ccccc64)CCCCCC5)c3)nc3ccccn23)cc1. The maximum absolute atomic E-state index is 5.40. The second kappa shape index (κ2) is 12.8. The molecule has 252 valence electrons. The van der Waals surface area contributed by atoms with Gasteiger partial charge in [0.15, 0.2) is 0 Å². The molecule has 0 radical (unpaired) electrons. The first-order valence-corrected chi connectivity index (χ1v) is 19.2. The van der Waals surface area contributed by atoms with Gasteiger partial charge in [-0.3, -0.25) is 4.40 Å². The molecule has 0 unspecified atom stereocenters. The van der Waals surface area contributed by atoms with E-state index in [4.69, 9.17) is 4.98 Å². The van der Waals surface area contributed by atoms with Gasteiger partial charge >= 0.3 is 0 Å². The predicted octanol–water partition coefficient (Wildman–Crippen LogP) is 11.9. The van der Waals surface area contributed by atoms with E-state index >= 15 is 0 Å². The number of nitrogens with zero attached hydrogens (tertiary/aromatic N) is 4. The zero-order valence-corrected chi connectivity index (χ0v) is 29.3. The van der Waals surface area contributed by atoms with Crippen LogP contribution in [0, 0.1) is 0 Å². The van der Waals surface area contributed by atoms with E-state index in [2.05, 4.69) is 135 Å². The number of para-hydroxylation sites is 2. The van der Waals surface area contributed by atoms with E-state index in [1.165, 1.54) is 101 Å². The lowest BCUT2D eigenvalue weighted by Gasteiger charge is -2.20. The summed E-state index contributed by atoms with van der Waals surface area (Å²) >= 11 is 0. The van der Waals surface area contributed by atoms with Gasteiger partial charge in [-0.15, -0.1) is 0 Å². The van der Waals surface area contributed by atoms with Gasteiger partial charge in [0.2, 0.25) is 0 Å². The number of hydrogen-bond acceptors (Lipinski definition) is 1. The number of aromatic nitrogens is 4. The minimum Gasteiger partial charge on any atom is -0.313 e. The maximum atomic E-state index is 5.40. The van der Waals surface area contributed by atoms with Crippen LogP contribution in [0.25, 0.3) is 61.3 Å². The molecule has 4 heterocycles. The van der Waals surface area contributed by atoms with Crippen LogP contribution in [0.5, 0.6) is 0 Å². The van der Waals surface area contributed by atoms with Crippen LogP contribution >= 0.6 is 0 Å². The molecule has 4 heteroatoms. The molecule has 0 bridgehead atoms. The van der Waals surface area contributed by atoms with Gasteiger partial charge in [-0.2, -0.15) is 0 Å². The van der Waals surface area contributed by atoms with Gasteiger partial charge < -0.3 is 9.13 Å². The largest absolute Gasteiger partial charge is 0.313 e. The number of imidazole rings is 1. The van der Waals surface area contributed by atoms with Crippen molar-refractivity contribution in [1.82, 2.24) is 18.5 Å². The topological polar surface area (TPSA) is 27.2 Å². The third kappa shape index (κ3) is 5.14. The summed E-state index contributed by atoms with van der Waals surface area (Å²) in [5.41, 5.74) is 16.6. The van der Waals surface area contributed by atoms with Gasteiger partial charge in [0.05, 0.1) is 22.4 Å². The van der Waals surface area contributed by atoms with Crippen LogP contribution in [0.15, 0.2) is 121 Å². The summed E-state index contributed by atoms with van der Waals surface area (Å²) in [6.07, 6.45) is 16.9. The first-order valence-electron chi connectivity index (χ1n) is 19.2. The van der Waals surface area contributed by atoms with Gasteiger partial charge in [-0.25, -0.2) is 4.98 Å². The highest BCUT2D eigenvalue weighted by Crippen LogP contribution is 2.40.